The largest absolute Gasteiger partial charge is 0.450 e. The highest BCUT2D eigenvalue weighted by Gasteiger charge is 2.05. The predicted octanol–water partition coefficient (Wildman–Crippen LogP) is 1.76. The molecule has 5 nitrogen and oxygen atoms in total. The maximum Gasteiger partial charge on any atom is 0.413 e. The van der Waals surface area contributed by atoms with Crippen molar-refractivity contribution < 1.29 is 9.53 Å². The maximum absolute atomic E-state index is 10.8. The summed E-state index contributed by atoms with van der Waals surface area (Å²) in [5, 5.41) is 9.75. The van der Waals surface area contributed by atoms with Crippen LogP contribution in [0.3, 0.4) is 0 Å². The third kappa shape index (κ3) is 2.63. The Hall–Kier alpha value is -0.880. The van der Waals surface area contributed by atoms with Crippen LogP contribution in [0.1, 0.15) is 6.92 Å². The first kappa shape index (κ1) is 9.21. The second kappa shape index (κ2) is 4.22. The minimum absolute atomic E-state index is 0.279. The lowest BCUT2D eigenvalue weighted by atomic mass is 10.9. The van der Waals surface area contributed by atoms with Crippen molar-refractivity contribution in [2.75, 3.05) is 11.9 Å². The van der Waals surface area contributed by atoms with Gasteiger partial charge in [-0.25, -0.2) is 4.79 Å². The minimum Gasteiger partial charge on any atom is -0.450 e. The Balaban J connectivity index is 2.46. The van der Waals surface area contributed by atoms with Crippen LogP contribution >= 0.6 is 22.9 Å². The highest BCUT2D eigenvalue weighted by molar-refractivity contribution is 7.19. The van der Waals surface area contributed by atoms with E-state index in [4.69, 9.17) is 11.6 Å². The van der Waals surface area contributed by atoms with Gasteiger partial charge in [-0.15, -0.1) is 10.2 Å². The molecule has 1 aromatic rings. The number of carbonyl (C=O) groups is 1. The Kier molecular flexibility index (Phi) is 3.24. The standard InChI is InChI=1S/C5H6ClN3O2S/c1-2-11-5(10)7-4-9-8-3(6)12-4/h2H2,1H3,(H,7,9,10). The van der Waals surface area contributed by atoms with Gasteiger partial charge in [-0.05, 0) is 18.5 Å². The van der Waals surface area contributed by atoms with Gasteiger partial charge in [0.25, 0.3) is 0 Å². The number of aromatic nitrogens is 2. The molecular formula is C5H6ClN3O2S. The zero-order chi connectivity index (χ0) is 8.97. The van der Waals surface area contributed by atoms with Crippen LogP contribution in [0.4, 0.5) is 9.93 Å². The van der Waals surface area contributed by atoms with Gasteiger partial charge >= 0.3 is 6.09 Å². The molecule has 0 aromatic carbocycles. The number of nitrogens with zero attached hydrogens (tertiary/aromatic N) is 2. The van der Waals surface area contributed by atoms with Crippen LogP contribution in [0.15, 0.2) is 0 Å². The zero-order valence-corrected chi connectivity index (χ0v) is 7.78. The smallest absolute Gasteiger partial charge is 0.413 e. The van der Waals surface area contributed by atoms with Gasteiger partial charge < -0.3 is 4.74 Å². The molecule has 0 radical (unpaired) electrons. The average molecular weight is 208 g/mol. The highest BCUT2D eigenvalue weighted by atomic mass is 35.5. The molecule has 1 amide bonds. The molecule has 0 fully saturated rings. The van der Waals surface area contributed by atoms with Crippen molar-refractivity contribution in [2.24, 2.45) is 0 Å². The van der Waals surface area contributed by atoms with E-state index in [2.05, 4.69) is 20.3 Å². The van der Waals surface area contributed by atoms with Crippen LogP contribution in [0, 0.1) is 0 Å². The molecule has 0 bridgehead atoms. The molecule has 1 aromatic heterocycles. The molecule has 1 heterocycles. The topological polar surface area (TPSA) is 64.1 Å². The van der Waals surface area contributed by atoms with E-state index in [9.17, 15) is 4.79 Å². The molecule has 0 unspecified atom stereocenters. The molecule has 1 N–H and O–H groups in total. The molecule has 66 valence electrons. The Morgan fingerprint density at radius 2 is 2.50 bits per heavy atom. The minimum atomic E-state index is -0.551. The van der Waals surface area contributed by atoms with E-state index in [-0.39, 0.29) is 4.47 Å². The summed E-state index contributed by atoms with van der Waals surface area (Å²) >= 11 is 6.55. The van der Waals surface area contributed by atoms with E-state index in [0.717, 1.165) is 11.3 Å². The Morgan fingerprint density at radius 1 is 1.75 bits per heavy atom. The number of ether oxygens (including phenoxy) is 1. The van der Waals surface area contributed by atoms with Crippen LogP contribution in [0.2, 0.25) is 4.47 Å². The van der Waals surface area contributed by atoms with E-state index >= 15 is 0 Å². The first-order chi connectivity index (χ1) is 5.72. The summed E-state index contributed by atoms with van der Waals surface area (Å²) in [6.07, 6.45) is -0.551. The monoisotopic (exact) mass is 207 g/mol. The van der Waals surface area contributed by atoms with Gasteiger partial charge in [0.2, 0.25) is 9.60 Å². The number of amides is 1. The lowest BCUT2D eigenvalue weighted by Crippen LogP contribution is -2.12. The first-order valence-electron chi connectivity index (χ1n) is 3.15. The third-order valence-electron chi connectivity index (χ3n) is 0.885. The van der Waals surface area contributed by atoms with E-state index in [1.807, 2.05) is 0 Å². The van der Waals surface area contributed by atoms with Gasteiger partial charge in [-0.2, -0.15) is 0 Å². The summed E-state index contributed by atoms with van der Waals surface area (Å²) in [6.45, 7) is 2.03. The lowest BCUT2D eigenvalue weighted by molar-refractivity contribution is 0.168. The fourth-order valence-electron chi connectivity index (χ4n) is 0.510. The van der Waals surface area contributed by atoms with E-state index in [1.54, 1.807) is 6.92 Å². The van der Waals surface area contributed by atoms with Gasteiger partial charge in [0.15, 0.2) is 0 Å². The van der Waals surface area contributed by atoms with Gasteiger partial charge in [0, 0.05) is 0 Å². The number of halogens is 1. The molecule has 0 saturated heterocycles. The van der Waals surface area contributed by atoms with Gasteiger partial charge in [0.1, 0.15) is 0 Å². The summed E-state index contributed by atoms with van der Waals surface area (Å²) in [7, 11) is 0. The van der Waals surface area contributed by atoms with E-state index < -0.39 is 6.09 Å². The number of nitrogens with one attached hydrogen (secondary N) is 1. The Morgan fingerprint density at radius 3 is 3.00 bits per heavy atom. The fraction of sp³-hybridized carbons (Fsp3) is 0.400. The van der Waals surface area contributed by atoms with Crippen molar-refractivity contribution in [3.05, 3.63) is 4.47 Å². The molecular weight excluding hydrogens is 202 g/mol. The number of anilines is 1. The molecule has 0 aliphatic heterocycles. The van der Waals surface area contributed by atoms with Gasteiger partial charge in [0.05, 0.1) is 6.61 Å². The molecule has 0 spiro atoms. The zero-order valence-electron chi connectivity index (χ0n) is 6.20. The summed E-state index contributed by atoms with van der Waals surface area (Å²) in [5.41, 5.74) is 0. The van der Waals surface area contributed by atoms with Crippen molar-refractivity contribution >= 4 is 34.2 Å². The second-order valence-electron chi connectivity index (χ2n) is 1.71. The Bertz CT molecular complexity index is 277. The van der Waals surface area contributed by atoms with Crippen LogP contribution in [-0.4, -0.2) is 22.9 Å². The summed E-state index contributed by atoms with van der Waals surface area (Å²) < 4.78 is 4.88. The molecule has 0 atom stereocenters. The van der Waals surface area contributed by atoms with Crippen molar-refractivity contribution in [3.63, 3.8) is 0 Å². The Labute approximate surface area is 77.7 Å². The third-order valence-corrected chi connectivity index (χ3v) is 1.82. The fourth-order valence-corrected chi connectivity index (χ4v) is 1.22. The van der Waals surface area contributed by atoms with Gasteiger partial charge in [-0.3, -0.25) is 5.32 Å². The maximum atomic E-state index is 10.8. The number of rotatable bonds is 2. The normalized spacial score (nSPS) is 9.50. The summed E-state index contributed by atoms with van der Waals surface area (Å²) in [6, 6.07) is 0. The van der Waals surface area contributed by atoms with Crippen molar-refractivity contribution in [3.8, 4) is 0 Å². The molecule has 0 aliphatic carbocycles. The number of hydrogen-bond acceptors (Lipinski definition) is 5. The van der Waals surface area contributed by atoms with Crippen LogP contribution in [-0.2, 0) is 4.74 Å². The van der Waals surface area contributed by atoms with E-state index in [0.29, 0.717) is 11.7 Å². The first-order valence-corrected chi connectivity index (χ1v) is 4.34. The van der Waals surface area contributed by atoms with Crippen molar-refractivity contribution in [2.45, 2.75) is 6.92 Å². The van der Waals surface area contributed by atoms with Crippen LogP contribution in [0.25, 0.3) is 0 Å². The van der Waals surface area contributed by atoms with E-state index in [1.165, 1.54) is 0 Å². The molecule has 12 heavy (non-hydrogen) atoms. The molecule has 0 saturated carbocycles. The summed E-state index contributed by atoms with van der Waals surface area (Å²) in [5.74, 6) is 0. The molecule has 0 aliphatic rings. The quantitative estimate of drug-likeness (QED) is 0.803. The number of carbonyl (C=O) groups excluding carboxylic acids is 1. The summed E-state index contributed by atoms with van der Waals surface area (Å²) in [4.78, 5) is 10.8. The molecule has 7 heteroatoms. The van der Waals surface area contributed by atoms with Crippen LogP contribution < -0.4 is 5.32 Å². The molecule has 1 rings (SSSR count). The van der Waals surface area contributed by atoms with Gasteiger partial charge in [-0.1, -0.05) is 11.3 Å². The number of hydrogen-bond donors (Lipinski definition) is 1. The second-order valence-corrected chi connectivity index (χ2v) is 3.27. The van der Waals surface area contributed by atoms with Crippen LogP contribution in [0.5, 0.6) is 0 Å². The van der Waals surface area contributed by atoms with Crippen molar-refractivity contribution in [1.82, 2.24) is 10.2 Å². The lowest BCUT2D eigenvalue weighted by Gasteiger charge is -1.98. The predicted molar refractivity (Wildman–Crippen MR) is 45.6 cm³/mol. The average Bonchev–Trinajstić information content (AvgIpc) is 2.36. The van der Waals surface area contributed by atoms with Crippen molar-refractivity contribution in [1.29, 1.82) is 0 Å². The SMILES string of the molecule is CCOC(=O)Nc1nnc(Cl)s1. The highest BCUT2D eigenvalue weighted by Crippen LogP contribution is 2.19.